The van der Waals surface area contributed by atoms with Crippen LogP contribution in [0.1, 0.15) is 58.8 Å². The van der Waals surface area contributed by atoms with E-state index in [0.29, 0.717) is 5.92 Å². The molecule has 0 aliphatic heterocycles. The smallest absolute Gasteiger partial charge is 0.237 e. The molecule has 1 aliphatic carbocycles. The van der Waals surface area contributed by atoms with Gasteiger partial charge in [0.25, 0.3) is 0 Å². The molecule has 3 heteroatoms. The van der Waals surface area contributed by atoms with Crippen LogP contribution >= 0.6 is 0 Å². The van der Waals surface area contributed by atoms with Crippen molar-refractivity contribution in [2.24, 2.45) is 11.7 Å². The van der Waals surface area contributed by atoms with Crippen molar-refractivity contribution in [3.8, 4) is 0 Å². The molecule has 0 aromatic rings. The van der Waals surface area contributed by atoms with Gasteiger partial charge in [0.1, 0.15) is 0 Å². The molecule has 94 valence electrons. The van der Waals surface area contributed by atoms with Crippen LogP contribution in [-0.4, -0.2) is 18.0 Å². The molecule has 1 saturated carbocycles. The topological polar surface area (TPSA) is 55.1 Å². The van der Waals surface area contributed by atoms with Gasteiger partial charge in [0.05, 0.1) is 6.04 Å². The minimum Gasteiger partial charge on any atom is -0.352 e. The highest BCUT2D eigenvalue weighted by Gasteiger charge is 2.23. The second kappa shape index (κ2) is 6.89. The average molecular weight is 226 g/mol. The number of nitrogens with one attached hydrogen (secondary N) is 1. The quantitative estimate of drug-likeness (QED) is 0.755. The highest BCUT2D eigenvalue weighted by Crippen LogP contribution is 2.26. The lowest BCUT2D eigenvalue weighted by atomic mass is 9.84. The highest BCUT2D eigenvalue weighted by molar-refractivity contribution is 5.81. The molecule has 0 heterocycles. The minimum absolute atomic E-state index is 0.0277. The zero-order chi connectivity index (χ0) is 12.0. The van der Waals surface area contributed by atoms with Crippen molar-refractivity contribution in [1.29, 1.82) is 0 Å². The molecule has 1 aliphatic rings. The van der Waals surface area contributed by atoms with Gasteiger partial charge in [-0.05, 0) is 32.1 Å². The molecule has 3 nitrogen and oxygen atoms in total. The third-order valence-corrected chi connectivity index (χ3v) is 3.66. The molecule has 1 fully saturated rings. The SMILES string of the molecule is CCC[C@H](N)C(=O)N[C@H](C)C1CCCCC1. The number of carbonyl (C=O) groups is 1. The number of hydrogen-bond donors (Lipinski definition) is 2. The molecule has 0 radical (unpaired) electrons. The fraction of sp³-hybridized carbons (Fsp3) is 0.923. The zero-order valence-electron chi connectivity index (χ0n) is 10.7. The Kier molecular flexibility index (Phi) is 5.81. The number of hydrogen-bond acceptors (Lipinski definition) is 2. The summed E-state index contributed by atoms with van der Waals surface area (Å²) >= 11 is 0. The number of nitrogens with two attached hydrogens (primary N) is 1. The van der Waals surface area contributed by atoms with Crippen LogP contribution in [0.15, 0.2) is 0 Å². The Labute approximate surface area is 99.2 Å². The first kappa shape index (κ1) is 13.5. The van der Waals surface area contributed by atoms with E-state index in [4.69, 9.17) is 5.73 Å². The second-order valence-corrected chi connectivity index (χ2v) is 5.09. The summed E-state index contributed by atoms with van der Waals surface area (Å²) in [4.78, 5) is 11.7. The van der Waals surface area contributed by atoms with Crippen molar-refractivity contribution >= 4 is 5.91 Å². The van der Waals surface area contributed by atoms with Gasteiger partial charge in [0.2, 0.25) is 5.91 Å². The lowest BCUT2D eigenvalue weighted by molar-refractivity contribution is -0.123. The summed E-state index contributed by atoms with van der Waals surface area (Å²) in [6.07, 6.45) is 8.23. The van der Waals surface area contributed by atoms with Gasteiger partial charge in [-0.25, -0.2) is 0 Å². The number of rotatable bonds is 5. The van der Waals surface area contributed by atoms with Crippen molar-refractivity contribution in [1.82, 2.24) is 5.32 Å². The summed E-state index contributed by atoms with van der Waals surface area (Å²) < 4.78 is 0. The molecule has 1 amide bonds. The number of carbonyl (C=O) groups excluding carboxylic acids is 1. The standard InChI is InChI=1S/C13H26N2O/c1-3-7-12(14)13(16)15-10(2)11-8-5-4-6-9-11/h10-12H,3-9,14H2,1-2H3,(H,15,16)/t10-,12+/m1/s1. The Morgan fingerprint density at radius 2 is 2.00 bits per heavy atom. The summed E-state index contributed by atoms with van der Waals surface area (Å²) in [5.74, 6) is 0.687. The van der Waals surface area contributed by atoms with Crippen molar-refractivity contribution < 1.29 is 4.79 Å². The van der Waals surface area contributed by atoms with Gasteiger partial charge >= 0.3 is 0 Å². The van der Waals surface area contributed by atoms with Crippen LogP contribution in [0.4, 0.5) is 0 Å². The molecule has 2 atom stereocenters. The van der Waals surface area contributed by atoms with Gasteiger partial charge in [0.15, 0.2) is 0 Å². The summed E-state index contributed by atoms with van der Waals surface area (Å²) in [7, 11) is 0. The van der Waals surface area contributed by atoms with E-state index >= 15 is 0 Å². The summed E-state index contributed by atoms with van der Waals surface area (Å²) in [6, 6.07) is -0.0354. The van der Waals surface area contributed by atoms with Crippen molar-refractivity contribution in [2.45, 2.75) is 70.9 Å². The highest BCUT2D eigenvalue weighted by atomic mass is 16.2. The number of amides is 1. The summed E-state index contributed by atoms with van der Waals surface area (Å²) in [5, 5.41) is 3.07. The monoisotopic (exact) mass is 226 g/mol. The van der Waals surface area contributed by atoms with Gasteiger partial charge < -0.3 is 11.1 Å². The molecular formula is C13H26N2O. The molecule has 3 N–H and O–H groups in total. The third-order valence-electron chi connectivity index (χ3n) is 3.66. The molecule has 0 aromatic carbocycles. The Hall–Kier alpha value is -0.570. The van der Waals surface area contributed by atoms with E-state index < -0.39 is 0 Å². The normalized spacial score (nSPS) is 21.4. The van der Waals surface area contributed by atoms with Crippen LogP contribution in [-0.2, 0) is 4.79 Å². The van der Waals surface area contributed by atoms with Crippen LogP contribution in [0.5, 0.6) is 0 Å². The lowest BCUT2D eigenvalue weighted by Gasteiger charge is -2.29. The van der Waals surface area contributed by atoms with E-state index in [0.717, 1.165) is 12.8 Å². The van der Waals surface area contributed by atoms with E-state index in [1.165, 1.54) is 32.1 Å². The lowest BCUT2D eigenvalue weighted by Crippen LogP contribution is -2.47. The summed E-state index contributed by atoms with van der Waals surface area (Å²) in [6.45, 7) is 4.17. The molecule has 16 heavy (non-hydrogen) atoms. The van der Waals surface area contributed by atoms with Crippen LogP contribution < -0.4 is 11.1 Å². The van der Waals surface area contributed by atoms with Crippen molar-refractivity contribution in [2.75, 3.05) is 0 Å². The van der Waals surface area contributed by atoms with E-state index in [-0.39, 0.29) is 18.0 Å². The van der Waals surface area contributed by atoms with Crippen LogP contribution in [0.25, 0.3) is 0 Å². The van der Waals surface area contributed by atoms with Crippen LogP contribution in [0.2, 0.25) is 0 Å². The van der Waals surface area contributed by atoms with Gasteiger partial charge in [-0.15, -0.1) is 0 Å². The Balaban J connectivity index is 2.31. The summed E-state index contributed by atoms with van der Waals surface area (Å²) in [5.41, 5.74) is 5.79. The molecule has 0 spiro atoms. The molecular weight excluding hydrogens is 200 g/mol. The van der Waals surface area contributed by atoms with Crippen LogP contribution in [0.3, 0.4) is 0 Å². The van der Waals surface area contributed by atoms with Gasteiger partial charge in [0, 0.05) is 6.04 Å². The largest absolute Gasteiger partial charge is 0.352 e. The molecule has 0 aromatic heterocycles. The predicted octanol–water partition coefficient (Wildman–Crippen LogP) is 2.20. The van der Waals surface area contributed by atoms with Crippen LogP contribution in [0, 0.1) is 5.92 Å². The molecule has 0 unspecified atom stereocenters. The average Bonchev–Trinajstić information content (AvgIpc) is 2.30. The zero-order valence-corrected chi connectivity index (χ0v) is 10.7. The van der Waals surface area contributed by atoms with Gasteiger partial charge in [-0.2, -0.15) is 0 Å². The van der Waals surface area contributed by atoms with E-state index in [2.05, 4.69) is 19.2 Å². The van der Waals surface area contributed by atoms with Gasteiger partial charge in [-0.3, -0.25) is 4.79 Å². The van der Waals surface area contributed by atoms with E-state index in [1.54, 1.807) is 0 Å². The maximum absolute atomic E-state index is 11.7. The Morgan fingerprint density at radius 1 is 1.38 bits per heavy atom. The fourth-order valence-corrected chi connectivity index (χ4v) is 2.53. The van der Waals surface area contributed by atoms with Crippen molar-refractivity contribution in [3.05, 3.63) is 0 Å². The minimum atomic E-state index is -0.323. The first-order valence-corrected chi connectivity index (χ1v) is 6.71. The first-order chi connectivity index (χ1) is 7.65. The second-order valence-electron chi connectivity index (χ2n) is 5.09. The Bertz CT molecular complexity index is 212. The van der Waals surface area contributed by atoms with E-state index in [9.17, 15) is 4.79 Å². The third kappa shape index (κ3) is 4.12. The van der Waals surface area contributed by atoms with E-state index in [1.807, 2.05) is 0 Å². The van der Waals surface area contributed by atoms with Gasteiger partial charge in [-0.1, -0.05) is 32.6 Å². The molecule has 0 bridgehead atoms. The molecule has 0 saturated heterocycles. The molecule has 1 rings (SSSR count). The van der Waals surface area contributed by atoms with Crippen molar-refractivity contribution in [3.63, 3.8) is 0 Å². The predicted molar refractivity (Wildman–Crippen MR) is 67.1 cm³/mol. The maximum atomic E-state index is 11.7. The Morgan fingerprint density at radius 3 is 2.56 bits per heavy atom. The fourth-order valence-electron chi connectivity index (χ4n) is 2.53. The first-order valence-electron chi connectivity index (χ1n) is 6.71. The maximum Gasteiger partial charge on any atom is 0.237 e.